The summed E-state index contributed by atoms with van der Waals surface area (Å²) < 4.78 is 6.67. The summed E-state index contributed by atoms with van der Waals surface area (Å²) in [5.74, 6) is -1.06. The van der Waals surface area contributed by atoms with E-state index in [4.69, 9.17) is 4.74 Å². The van der Waals surface area contributed by atoms with Gasteiger partial charge in [0.25, 0.3) is 17.5 Å². The standard InChI is InChI=1S/C19H22N6O3/c1-11-10-12(2)25-19(20-11)22-16(23-25)18(27)28-13(3)17(26)21-14-6-8-15(9-7-14)24(4)5/h6-10,13H,1-5H3,(H,21,26)/t13-/m0/s1. The number of nitrogens with one attached hydrogen (secondary N) is 1. The second kappa shape index (κ2) is 7.63. The Morgan fingerprint density at radius 3 is 2.46 bits per heavy atom. The van der Waals surface area contributed by atoms with Crippen LogP contribution in [0.2, 0.25) is 0 Å². The molecule has 146 valence electrons. The fourth-order valence-electron chi connectivity index (χ4n) is 2.61. The van der Waals surface area contributed by atoms with E-state index in [1.807, 2.05) is 51.0 Å². The number of nitrogens with zero attached hydrogens (tertiary/aromatic N) is 5. The normalized spacial score (nSPS) is 11.9. The number of anilines is 2. The smallest absolute Gasteiger partial charge is 0.379 e. The number of aryl methyl sites for hydroxylation is 2. The van der Waals surface area contributed by atoms with Crippen LogP contribution in [-0.2, 0) is 9.53 Å². The van der Waals surface area contributed by atoms with Gasteiger partial charge in [-0.3, -0.25) is 4.79 Å². The molecule has 0 radical (unpaired) electrons. The maximum atomic E-state index is 12.3. The largest absolute Gasteiger partial charge is 0.447 e. The van der Waals surface area contributed by atoms with Gasteiger partial charge in [0.05, 0.1) is 0 Å². The van der Waals surface area contributed by atoms with Crippen molar-refractivity contribution in [3.05, 3.63) is 47.5 Å². The quantitative estimate of drug-likeness (QED) is 0.673. The summed E-state index contributed by atoms with van der Waals surface area (Å²) in [4.78, 5) is 34.9. The molecule has 9 heteroatoms. The Labute approximate surface area is 162 Å². The van der Waals surface area contributed by atoms with Crippen LogP contribution in [-0.4, -0.2) is 51.7 Å². The first-order chi connectivity index (χ1) is 13.2. The summed E-state index contributed by atoms with van der Waals surface area (Å²) in [7, 11) is 3.86. The molecule has 0 unspecified atom stereocenters. The molecular weight excluding hydrogens is 360 g/mol. The highest BCUT2D eigenvalue weighted by Crippen LogP contribution is 2.16. The number of rotatable bonds is 5. The lowest BCUT2D eigenvalue weighted by molar-refractivity contribution is -0.123. The fourth-order valence-corrected chi connectivity index (χ4v) is 2.61. The predicted molar refractivity (Wildman–Crippen MR) is 105 cm³/mol. The van der Waals surface area contributed by atoms with Gasteiger partial charge in [-0.05, 0) is 51.1 Å². The summed E-state index contributed by atoms with van der Waals surface area (Å²) in [6, 6.07) is 9.15. The summed E-state index contributed by atoms with van der Waals surface area (Å²) in [5.41, 5.74) is 3.18. The molecule has 0 aliphatic rings. The zero-order valence-corrected chi connectivity index (χ0v) is 16.4. The highest BCUT2D eigenvalue weighted by molar-refractivity contribution is 5.96. The van der Waals surface area contributed by atoms with Crippen molar-refractivity contribution >= 4 is 29.0 Å². The zero-order valence-electron chi connectivity index (χ0n) is 16.4. The van der Waals surface area contributed by atoms with E-state index in [2.05, 4.69) is 20.4 Å². The van der Waals surface area contributed by atoms with Crippen molar-refractivity contribution in [1.82, 2.24) is 19.6 Å². The number of ether oxygens (including phenoxy) is 1. The lowest BCUT2D eigenvalue weighted by Crippen LogP contribution is -2.30. The lowest BCUT2D eigenvalue weighted by Gasteiger charge is -2.15. The van der Waals surface area contributed by atoms with Crippen LogP contribution in [0, 0.1) is 13.8 Å². The zero-order chi connectivity index (χ0) is 20.4. The minimum absolute atomic E-state index is 0.142. The van der Waals surface area contributed by atoms with Crippen LogP contribution in [0.3, 0.4) is 0 Å². The molecule has 1 N–H and O–H groups in total. The molecule has 0 fully saturated rings. The topological polar surface area (TPSA) is 102 Å². The van der Waals surface area contributed by atoms with Gasteiger partial charge >= 0.3 is 5.97 Å². The van der Waals surface area contributed by atoms with Crippen molar-refractivity contribution in [3.63, 3.8) is 0 Å². The molecule has 3 aromatic rings. The van der Waals surface area contributed by atoms with E-state index in [9.17, 15) is 9.59 Å². The third kappa shape index (κ3) is 4.08. The molecule has 3 rings (SSSR count). The van der Waals surface area contributed by atoms with E-state index < -0.39 is 18.0 Å². The Hall–Kier alpha value is -3.49. The molecule has 2 heterocycles. The second-order valence-electron chi connectivity index (χ2n) is 6.66. The summed E-state index contributed by atoms with van der Waals surface area (Å²) >= 11 is 0. The molecule has 9 nitrogen and oxygen atoms in total. The first kappa shape index (κ1) is 19.3. The first-order valence-electron chi connectivity index (χ1n) is 8.75. The molecule has 0 spiro atoms. The van der Waals surface area contributed by atoms with Gasteiger partial charge in [0, 0.05) is 36.9 Å². The second-order valence-corrected chi connectivity index (χ2v) is 6.66. The van der Waals surface area contributed by atoms with Crippen LogP contribution in [0.1, 0.15) is 28.9 Å². The van der Waals surface area contributed by atoms with Gasteiger partial charge in [-0.1, -0.05) is 0 Å². The lowest BCUT2D eigenvalue weighted by atomic mass is 10.2. The van der Waals surface area contributed by atoms with Gasteiger partial charge < -0.3 is 15.0 Å². The van der Waals surface area contributed by atoms with E-state index in [1.165, 1.54) is 11.4 Å². The number of hydrogen-bond donors (Lipinski definition) is 1. The van der Waals surface area contributed by atoms with Gasteiger partial charge in [0.15, 0.2) is 6.10 Å². The molecule has 28 heavy (non-hydrogen) atoms. The van der Waals surface area contributed by atoms with Gasteiger partial charge in [0.1, 0.15) is 0 Å². The Morgan fingerprint density at radius 2 is 1.82 bits per heavy atom. The highest BCUT2D eigenvalue weighted by Gasteiger charge is 2.23. The summed E-state index contributed by atoms with van der Waals surface area (Å²) in [6.45, 7) is 5.16. The van der Waals surface area contributed by atoms with E-state index in [0.29, 0.717) is 11.5 Å². The third-order valence-corrected chi connectivity index (χ3v) is 4.11. The van der Waals surface area contributed by atoms with Crippen LogP contribution in [0.25, 0.3) is 5.78 Å². The van der Waals surface area contributed by atoms with E-state index in [1.54, 1.807) is 12.1 Å². The SMILES string of the molecule is Cc1cc(C)n2nc(C(=O)O[C@@H](C)C(=O)Nc3ccc(N(C)C)cc3)nc2n1. The highest BCUT2D eigenvalue weighted by atomic mass is 16.5. The maximum Gasteiger partial charge on any atom is 0.379 e. The Morgan fingerprint density at radius 1 is 1.14 bits per heavy atom. The first-order valence-corrected chi connectivity index (χ1v) is 8.75. The van der Waals surface area contributed by atoms with Crippen molar-refractivity contribution in [2.24, 2.45) is 0 Å². The fraction of sp³-hybridized carbons (Fsp3) is 0.316. The van der Waals surface area contributed by atoms with E-state index in [0.717, 1.165) is 17.1 Å². The van der Waals surface area contributed by atoms with Crippen LogP contribution in [0.5, 0.6) is 0 Å². The van der Waals surface area contributed by atoms with E-state index in [-0.39, 0.29) is 5.82 Å². The number of carbonyl (C=O) groups excluding carboxylic acids is 2. The molecule has 0 aliphatic heterocycles. The third-order valence-electron chi connectivity index (χ3n) is 4.11. The number of carbonyl (C=O) groups is 2. The van der Waals surface area contributed by atoms with Crippen LogP contribution in [0.15, 0.2) is 30.3 Å². The van der Waals surface area contributed by atoms with Gasteiger partial charge in [-0.2, -0.15) is 4.98 Å². The van der Waals surface area contributed by atoms with Gasteiger partial charge in [-0.15, -0.1) is 5.10 Å². The molecule has 0 saturated carbocycles. The summed E-state index contributed by atoms with van der Waals surface area (Å²) in [5, 5.41) is 6.82. The number of esters is 1. The van der Waals surface area contributed by atoms with E-state index >= 15 is 0 Å². The number of hydrogen-bond acceptors (Lipinski definition) is 7. The number of benzene rings is 1. The molecule has 1 aromatic carbocycles. The van der Waals surface area contributed by atoms with Crippen LogP contribution < -0.4 is 10.2 Å². The minimum Gasteiger partial charge on any atom is -0.447 e. The Balaban J connectivity index is 1.66. The molecule has 0 saturated heterocycles. The maximum absolute atomic E-state index is 12.3. The van der Waals surface area contributed by atoms with Crippen LogP contribution in [0.4, 0.5) is 11.4 Å². The van der Waals surface area contributed by atoms with Crippen molar-refractivity contribution in [1.29, 1.82) is 0 Å². The summed E-state index contributed by atoms with van der Waals surface area (Å²) in [6.07, 6.45) is -1.01. The molecule has 1 amide bonds. The Kier molecular flexibility index (Phi) is 5.25. The minimum atomic E-state index is -1.01. The van der Waals surface area contributed by atoms with Crippen molar-refractivity contribution in [2.45, 2.75) is 26.9 Å². The monoisotopic (exact) mass is 382 g/mol. The van der Waals surface area contributed by atoms with Crippen molar-refractivity contribution in [2.75, 3.05) is 24.3 Å². The van der Waals surface area contributed by atoms with Crippen molar-refractivity contribution < 1.29 is 14.3 Å². The molecule has 0 bridgehead atoms. The molecule has 0 aliphatic carbocycles. The average molecular weight is 382 g/mol. The van der Waals surface area contributed by atoms with Crippen LogP contribution >= 0.6 is 0 Å². The molecular formula is C19H22N6O3. The molecule has 1 atom stereocenters. The van der Waals surface area contributed by atoms with Gasteiger partial charge in [-0.25, -0.2) is 14.3 Å². The predicted octanol–water partition coefficient (Wildman–Crippen LogP) is 1.99. The average Bonchev–Trinajstić information content (AvgIpc) is 3.06. The number of fused-ring (bicyclic) bond motifs is 1. The molecule has 2 aromatic heterocycles. The Bertz CT molecular complexity index is 1030. The number of aromatic nitrogens is 4. The van der Waals surface area contributed by atoms with Gasteiger partial charge in [0.2, 0.25) is 0 Å². The van der Waals surface area contributed by atoms with Crippen molar-refractivity contribution in [3.8, 4) is 0 Å². The number of amides is 1.